The molecule has 0 spiro atoms. The predicted molar refractivity (Wildman–Crippen MR) is 68.4 cm³/mol. The molecule has 0 aliphatic rings. The lowest BCUT2D eigenvalue weighted by molar-refractivity contribution is 0.0695. The van der Waals surface area contributed by atoms with Crippen LogP contribution in [0.25, 0.3) is 0 Å². The number of hydrogen-bond donors (Lipinski definition) is 1. The summed E-state index contributed by atoms with van der Waals surface area (Å²) >= 11 is 0. The van der Waals surface area contributed by atoms with Crippen molar-refractivity contribution < 1.29 is 28.2 Å². The van der Waals surface area contributed by atoms with Crippen LogP contribution in [0.2, 0.25) is 0 Å². The average molecular weight is 295 g/mol. The third-order valence-electron chi connectivity index (χ3n) is 2.60. The minimum Gasteiger partial charge on any atom is -0.481 e. The second-order valence-electron chi connectivity index (χ2n) is 4.03. The van der Waals surface area contributed by atoms with Gasteiger partial charge in [0.15, 0.2) is 17.4 Å². The van der Waals surface area contributed by atoms with E-state index >= 15 is 0 Å². The number of carboxylic acids is 1. The molecule has 0 fully saturated rings. The van der Waals surface area contributed by atoms with Gasteiger partial charge >= 0.3 is 5.97 Å². The Morgan fingerprint density at radius 2 is 1.95 bits per heavy atom. The lowest BCUT2D eigenvalue weighted by Crippen LogP contribution is -2.05. The summed E-state index contributed by atoms with van der Waals surface area (Å²) in [6.45, 7) is -0.183. The Morgan fingerprint density at radius 3 is 2.52 bits per heavy atom. The molecule has 0 atom stereocenters. The molecule has 1 heterocycles. The van der Waals surface area contributed by atoms with Gasteiger partial charge in [-0.25, -0.2) is 18.6 Å². The Morgan fingerprint density at radius 1 is 1.29 bits per heavy atom. The van der Waals surface area contributed by atoms with E-state index in [-0.39, 0.29) is 6.61 Å². The van der Waals surface area contributed by atoms with Crippen molar-refractivity contribution in [2.24, 2.45) is 0 Å². The molecule has 21 heavy (non-hydrogen) atoms. The smallest absolute Gasteiger partial charge is 0.335 e. The number of aromatic carboxylic acids is 1. The van der Waals surface area contributed by atoms with Gasteiger partial charge in [0.25, 0.3) is 0 Å². The zero-order chi connectivity index (χ0) is 15.4. The number of halogens is 2. The normalized spacial score (nSPS) is 10.2. The van der Waals surface area contributed by atoms with Crippen molar-refractivity contribution in [2.45, 2.75) is 6.61 Å². The number of nitrogens with zero attached hydrogens (tertiary/aromatic N) is 1. The lowest BCUT2D eigenvalue weighted by atomic mass is 10.2. The molecule has 0 unspecified atom stereocenters. The molecule has 1 N–H and O–H groups in total. The summed E-state index contributed by atoms with van der Waals surface area (Å²) in [4.78, 5) is 14.7. The van der Waals surface area contributed by atoms with Gasteiger partial charge in [-0.3, -0.25) is 0 Å². The summed E-state index contributed by atoms with van der Waals surface area (Å²) in [5.41, 5.74) is -0.0766. The summed E-state index contributed by atoms with van der Waals surface area (Å²) in [7, 11) is 1.44. The second-order valence-corrected chi connectivity index (χ2v) is 4.03. The van der Waals surface area contributed by atoms with E-state index in [0.29, 0.717) is 23.7 Å². The van der Waals surface area contributed by atoms with Crippen LogP contribution in [0.15, 0.2) is 30.3 Å². The first-order chi connectivity index (χ1) is 10.0. The molecule has 0 saturated carbocycles. The minimum atomic E-state index is -1.42. The Hall–Kier alpha value is -2.70. The van der Waals surface area contributed by atoms with Crippen LogP contribution in [-0.4, -0.2) is 23.2 Å². The van der Waals surface area contributed by atoms with Crippen LogP contribution in [0.5, 0.6) is 11.6 Å². The summed E-state index contributed by atoms with van der Waals surface area (Å²) in [5, 5.41) is 8.69. The average Bonchev–Trinajstić information content (AvgIpc) is 2.46. The van der Waals surface area contributed by atoms with Gasteiger partial charge in [-0.05, 0) is 18.2 Å². The van der Waals surface area contributed by atoms with Gasteiger partial charge in [0.05, 0.1) is 18.4 Å². The highest BCUT2D eigenvalue weighted by Crippen LogP contribution is 2.24. The largest absolute Gasteiger partial charge is 0.481 e. The number of ether oxygens (including phenoxy) is 2. The lowest BCUT2D eigenvalue weighted by Gasteiger charge is -2.09. The molecule has 2 rings (SSSR count). The number of pyridine rings is 1. The first-order valence-corrected chi connectivity index (χ1v) is 5.86. The molecule has 0 bridgehead atoms. The quantitative estimate of drug-likeness (QED) is 0.918. The highest BCUT2D eigenvalue weighted by Gasteiger charge is 2.16. The van der Waals surface area contributed by atoms with E-state index in [4.69, 9.17) is 14.6 Å². The van der Waals surface area contributed by atoms with Crippen LogP contribution in [0.1, 0.15) is 16.1 Å². The highest BCUT2D eigenvalue weighted by atomic mass is 19.1. The summed E-state index contributed by atoms with van der Waals surface area (Å²) < 4.78 is 37.2. The van der Waals surface area contributed by atoms with E-state index in [2.05, 4.69) is 4.98 Å². The van der Waals surface area contributed by atoms with Crippen molar-refractivity contribution in [1.82, 2.24) is 4.98 Å². The number of carboxylic acid groups (broad SMARTS) is 1. The van der Waals surface area contributed by atoms with Crippen LogP contribution in [0.4, 0.5) is 8.78 Å². The van der Waals surface area contributed by atoms with E-state index < -0.39 is 28.9 Å². The Kier molecular flexibility index (Phi) is 4.32. The molecule has 7 heteroatoms. The number of aromatic nitrogens is 1. The fourth-order valence-electron chi connectivity index (χ4n) is 1.62. The molecule has 0 radical (unpaired) electrons. The maximum Gasteiger partial charge on any atom is 0.335 e. The molecular weight excluding hydrogens is 284 g/mol. The van der Waals surface area contributed by atoms with Gasteiger partial charge in [0.2, 0.25) is 5.88 Å². The van der Waals surface area contributed by atoms with Gasteiger partial charge in [-0.15, -0.1) is 0 Å². The maximum atomic E-state index is 13.6. The monoisotopic (exact) mass is 295 g/mol. The molecule has 0 aliphatic carbocycles. The molecule has 110 valence electrons. The highest BCUT2D eigenvalue weighted by molar-refractivity contribution is 5.87. The number of methoxy groups -OCH3 is 1. The minimum absolute atomic E-state index is 0.183. The molecule has 0 amide bonds. The van der Waals surface area contributed by atoms with E-state index in [9.17, 15) is 13.6 Å². The number of benzene rings is 1. The Balaban J connectivity index is 2.18. The fraction of sp³-hybridized carbons (Fsp3) is 0.143. The van der Waals surface area contributed by atoms with Gasteiger partial charge in [-0.1, -0.05) is 6.07 Å². The summed E-state index contributed by atoms with van der Waals surface area (Å²) in [6.07, 6.45) is 0. The van der Waals surface area contributed by atoms with Gasteiger partial charge in [-0.2, -0.15) is 0 Å². The standard InChI is InChI=1S/C14H11F2NO4/c1-20-12-4-2-3-9(17-12)7-21-13-10(15)5-8(14(18)19)6-11(13)16/h2-6H,7H2,1H3,(H,18,19). The molecule has 0 saturated heterocycles. The molecular formula is C14H11F2NO4. The zero-order valence-corrected chi connectivity index (χ0v) is 11.0. The van der Waals surface area contributed by atoms with E-state index in [1.807, 2.05) is 0 Å². The number of carbonyl (C=O) groups is 1. The van der Waals surface area contributed by atoms with E-state index in [1.165, 1.54) is 7.11 Å². The van der Waals surface area contributed by atoms with Crippen molar-refractivity contribution in [3.05, 3.63) is 53.2 Å². The molecule has 2 aromatic rings. The third kappa shape index (κ3) is 3.44. The van der Waals surface area contributed by atoms with E-state index in [1.54, 1.807) is 18.2 Å². The zero-order valence-electron chi connectivity index (χ0n) is 11.0. The van der Waals surface area contributed by atoms with Crippen LogP contribution in [-0.2, 0) is 6.61 Å². The molecule has 5 nitrogen and oxygen atoms in total. The van der Waals surface area contributed by atoms with Gasteiger partial charge in [0, 0.05) is 6.07 Å². The number of rotatable bonds is 5. The van der Waals surface area contributed by atoms with Crippen molar-refractivity contribution in [1.29, 1.82) is 0 Å². The van der Waals surface area contributed by atoms with Crippen molar-refractivity contribution in [3.8, 4) is 11.6 Å². The topological polar surface area (TPSA) is 68.7 Å². The maximum absolute atomic E-state index is 13.6. The van der Waals surface area contributed by atoms with Crippen LogP contribution >= 0.6 is 0 Å². The second kappa shape index (κ2) is 6.17. The summed E-state index contributed by atoms with van der Waals surface area (Å²) in [5.74, 6) is -3.90. The molecule has 1 aromatic carbocycles. The van der Waals surface area contributed by atoms with Crippen LogP contribution in [0, 0.1) is 11.6 Å². The van der Waals surface area contributed by atoms with Crippen LogP contribution in [0.3, 0.4) is 0 Å². The number of hydrogen-bond acceptors (Lipinski definition) is 4. The van der Waals surface area contributed by atoms with Gasteiger partial charge in [0.1, 0.15) is 6.61 Å². The van der Waals surface area contributed by atoms with Crippen LogP contribution < -0.4 is 9.47 Å². The Labute approximate surface area is 118 Å². The fourth-order valence-corrected chi connectivity index (χ4v) is 1.62. The van der Waals surface area contributed by atoms with E-state index in [0.717, 1.165) is 0 Å². The predicted octanol–water partition coefficient (Wildman–Crippen LogP) is 2.65. The third-order valence-corrected chi connectivity index (χ3v) is 2.60. The van der Waals surface area contributed by atoms with Crippen molar-refractivity contribution in [3.63, 3.8) is 0 Å². The Bertz CT molecular complexity index is 653. The first kappa shape index (κ1) is 14.7. The first-order valence-electron chi connectivity index (χ1n) is 5.86. The summed E-state index contributed by atoms with van der Waals surface area (Å²) in [6, 6.07) is 6.26. The van der Waals surface area contributed by atoms with Crippen molar-refractivity contribution >= 4 is 5.97 Å². The molecule has 0 aliphatic heterocycles. The SMILES string of the molecule is COc1cccc(COc2c(F)cc(C(=O)O)cc2F)n1. The van der Waals surface area contributed by atoms with Crippen molar-refractivity contribution in [2.75, 3.05) is 7.11 Å². The molecule has 1 aromatic heterocycles. The van der Waals surface area contributed by atoms with Gasteiger partial charge < -0.3 is 14.6 Å².